The van der Waals surface area contributed by atoms with E-state index in [4.69, 9.17) is 4.74 Å². The second kappa shape index (κ2) is 12.2. The largest absolute Gasteiger partial charge is 0.485 e. The second-order valence-corrected chi connectivity index (χ2v) is 9.93. The molecule has 2 rings (SSSR count). The molecule has 2 aromatic rings. The normalized spacial score (nSPS) is 12.3. The Bertz CT molecular complexity index is 724. The van der Waals surface area contributed by atoms with Crippen molar-refractivity contribution in [2.75, 3.05) is 0 Å². The molecule has 1 unspecified atom stereocenters. The molecule has 0 N–H and O–H groups in total. The van der Waals surface area contributed by atoms with Crippen LogP contribution in [0.1, 0.15) is 117 Å². The van der Waals surface area contributed by atoms with Crippen molar-refractivity contribution in [3.8, 4) is 5.75 Å². The molecule has 0 aliphatic rings. The molecule has 0 spiro atoms. The fourth-order valence-corrected chi connectivity index (χ4v) is 3.26. The minimum atomic E-state index is -0.000607. The van der Waals surface area contributed by atoms with Gasteiger partial charge in [0, 0.05) is 5.41 Å². The monoisotopic (exact) mass is 412 g/mol. The topological polar surface area (TPSA) is 9.23 Å². The van der Waals surface area contributed by atoms with E-state index in [1.165, 1.54) is 22.3 Å². The Morgan fingerprint density at radius 1 is 0.700 bits per heavy atom. The zero-order valence-corrected chi connectivity index (χ0v) is 22.1. The third-order valence-corrected chi connectivity index (χ3v) is 4.88. The minimum Gasteiger partial charge on any atom is -0.485 e. The molecule has 0 saturated carbocycles. The molecule has 0 aliphatic carbocycles. The molecule has 2 aromatic carbocycles. The van der Waals surface area contributed by atoms with Gasteiger partial charge in [-0.15, -0.1) is 0 Å². The van der Waals surface area contributed by atoms with Crippen molar-refractivity contribution in [1.29, 1.82) is 0 Å². The molecular weight excluding hydrogens is 364 g/mol. The summed E-state index contributed by atoms with van der Waals surface area (Å²) in [7, 11) is 0. The third-order valence-electron chi connectivity index (χ3n) is 4.88. The van der Waals surface area contributed by atoms with Gasteiger partial charge in [-0.25, -0.2) is 0 Å². The van der Waals surface area contributed by atoms with Crippen molar-refractivity contribution in [2.24, 2.45) is 5.41 Å². The summed E-state index contributed by atoms with van der Waals surface area (Å²) in [4.78, 5) is 0. The molecule has 1 atom stereocenters. The number of rotatable bonds is 4. The van der Waals surface area contributed by atoms with Crippen molar-refractivity contribution in [3.63, 3.8) is 0 Å². The van der Waals surface area contributed by atoms with E-state index in [0.29, 0.717) is 5.92 Å². The molecule has 0 aliphatic heterocycles. The number of benzene rings is 2. The maximum Gasteiger partial charge on any atom is 0.129 e. The highest BCUT2D eigenvalue weighted by molar-refractivity contribution is 5.42. The van der Waals surface area contributed by atoms with Crippen LogP contribution in [0.5, 0.6) is 5.75 Å². The van der Waals surface area contributed by atoms with Gasteiger partial charge in [-0.1, -0.05) is 125 Å². The van der Waals surface area contributed by atoms with Gasteiger partial charge in [-0.05, 0) is 41.0 Å². The van der Waals surface area contributed by atoms with Crippen LogP contribution in [0.25, 0.3) is 0 Å². The van der Waals surface area contributed by atoms with E-state index >= 15 is 0 Å². The zero-order chi connectivity index (χ0) is 23.7. The first-order chi connectivity index (χ1) is 13.9. The van der Waals surface area contributed by atoms with E-state index in [9.17, 15) is 0 Å². The molecule has 30 heavy (non-hydrogen) atoms. The Kier molecular flexibility index (Phi) is 11.5. The van der Waals surface area contributed by atoms with Crippen LogP contribution < -0.4 is 4.74 Å². The Hall–Kier alpha value is -1.76. The van der Waals surface area contributed by atoms with Crippen molar-refractivity contribution in [2.45, 2.75) is 107 Å². The molecular formula is C29H48O. The lowest BCUT2D eigenvalue weighted by Gasteiger charge is -2.34. The highest BCUT2D eigenvalue weighted by Crippen LogP contribution is 2.41. The lowest BCUT2D eigenvalue weighted by molar-refractivity contribution is 0.0847. The Balaban J connectivity index is 0.00000198. The summed E-state index contributed by atoms with van der Waals surface area (Å²) in [5.74, 6) is 1.54. The quantitative estimate of drug-likeness (QED) is 0.485. The molecule has 1 heteroatoms. The van der Waals surface area contributed by atoms with Crippen LogP contribution in [0.4, 0.5) is 0 Å². The van der Waals surface area contributed by atoms with Gasteiger partial charge < -0.3 is 4.74 Å². The molecule has 0 amide bonds. The van der Waals surface area contributed by atoms with Crippen molar-refractivity contribution in [1.82, 2.24) is 0 Å². The van der Waals surface area contributed by atoms with Crippen molar-refractivity contribution in [3.05, 3.63) is 64.7 Å². The Morgan fingerprint density at radius 3 is 1.57 bits per heavy atom. The van der Waals surface area contributed by atoms with Gasteiger partial charge in [0.15, 0.2) is 0 Å². The van der Waals surface area contributed by atoms with Crippen LogP contribution in [0, 0.1) is 12.3 Å². The van der Waals surface area contributed by atoms with E-state index in [1.54, 1.807) is 0 Å². The van der Waals surface area contributed by atoms with Gasteiger partial charge >= 0.3 is 0 Å². The average molecular weight is 413 g/mol. The molecule has 0 saturated heterocycles. The minimum absolute atomic E-state index is 0.000607. The molecule has 0 fully saturated rings. The molecule has 0 radical (unpaired) electrons. The lowest BCUT2D eigenvalue weighted by Crippen LogP contribution is -2.25. The van der Waals surface area contributed by atoms with E-state index < -0.39 is 0 Å². The van der Waals surface area contributed by atoms with Crippen LogP contribution in [-0.2, 0) is 5.41 Å². The summed E-state index contributed by atoms with van der Waals surface area (Å²) in [6, 6.07) is 15.5. The van der Waals surface area contributed by atoms with E-state index in [-0.39, 0.29) is 16.9 Å². The summed E-state index contributed by atoms with van der Waals surface area (Å²) in [6.45, 7) is 28.1. The van der Waals surface area contributed by atoms with Gasteiger partial charge in [0.2, 0.25) is 0 Å². The lowest BCUT2D eigenvalue weighted by atomic mass is 9.83. The van der Waals surface area contributed by atoms with Gasteiger partial charge in [0.25, 0.3) is 0 Å². The summed E-state index contributed by atoms with van der Waals surface area (Å²) >= 11 is 0. The van der Waals surface area contributed by atoms with Gasteiger partial charge in [-0.3, -0.25) is 0 Å². The number of aryl methyl sites for hydroxylation is 1. The van der Waals surface area contributed by atoms with E-state index in [2.05, 4.69) is 105 Å². The number of ether oxygens (including phenoxy) is 1. The Labute approximate surface area is 188 Å². The van der Waals surface area contributed by atoms with Crippen molar-refractivity contribution >= 4 is 0 Å². The summed E-state index contributed by atoms with van der Waals surface area (Å²) in [5.41, 5.74) is 5.20. The predicted molar refractivity (Wildman–Crippen MR) is 136 cm³/mol. The van der Waals surface area contributed by atoms with E-state index in [1.807, 2.05) is 27.7 Å². The first kappa shape index (κ1) is 28.2. The molecule has 0 heterocycles. The number of hydrogen-bond donors (Lipinski definition) is 0. The van der Waals surface area contributed by atoms with Crippen LogP contribution in [0.15, 0.2) is 42.5 Å². The number of hydrogen-bond acceptors (Lipinski definition) is 1. The second-order valence-electron chi connectivity index (χ2n) is 9.93. The average Bonchev–Trinajstić information content (AvgIpc) is 2.68. The van der Waals surface area contributed by atoms with Gasteiger partial charge in [0.1, 0.15) is 11.9 Å². The van der Waals surface area contributed by atoms with Gasteiger partial charge in [-0.2, -0.15) is 0 Å². The predicted octanol–water partition coefficient (Wildman–Crippen LogP) is 9.63. The Morgan fingerprint density at radius 2 is 1.17 bits per heavy atom. The zero-order valence-electron chi connectivity index (χ0n) is 22.1. The smallest absolute Gasteiger partial charge is 0.129 e. The summed E-state index contributed by atoms with van der Waals surface area (Å²) < 4.78 is 6.68. The third kappa shape index (κ3) is 8.17. The molecule has 170 valence electrons. The van der Waals surface area contributed by atoms with Crippen molar-refractivity contribution < 1.29 is 4.74 Å². The van der Waals surface area contributed by atoms with Gasteiger partial charge in [0.05, 0.1) is 0 Å². The van der Waals surface area contributed by atoms with Crippen LogP contribution in [0.3, 0.4) is 0 Å². The summed E-state index contributed by atoms with van der Waals surface area (Å²) in [6.07, 6.45) is 0.00696. The standard InChI is InChI=1S/C25H36O.2C2H6/c1-17(2)19-11-13-20(14-12-19)23(25(7,8)9)26-22-15-10-18(3)16-21(22)24(4,5)6;2*1-2/h10-17,23H,1-9H3;2*1-2H3. The fourth-order valence-electron chi connectivity index (χ4n) is 3.26. The maximum absolute atomic E-state index is 6.68. The van der Waals surface area contributed by atoms with Crippen LogP contribution in [-0.4, -0.2) is 0 Å². The first-order valence-corrected chi connectivity index (χ1v) is 11.8. The van der Waals surface area contributed by atoms with Crippen LogP contribution in [0.2, 0.25) is 0 Å². The molecule has 0 bridgehead atoms. The van der Waals surface area contributed by atoms with Crippen LogP contribution >= 0.6 is 0 Å². The SMILES string of the molecule is CC.CC.Cc1ccc(OC(c2ccc(C(C)C)cc2)C(C)(C)C)c(C(C)(C)C)c1. The highest BCUT2D eigenvalue weighted by Gasteiger charge is 2.30. The highest BCUT2D eigenvalue weighted by atomic mass is 16.5. The maximum atomic E-state index is 6.68. The first-order valence-electron chi connectivity index (χ1n) is 11.8. The molecule has 0 aromatic heterocycles. The summed E-state index contributed by atoms with van der Waals surface area (Å²) in [5, 5.41) is 0. The molecule has 1 nitrogen and oxygen atoms in total. The fraction of sp³-hybridized carbons (Fsp3) is 0.586. The van der Waals surface area contributed by atoms with E-state index in [0.717, 1.165) is 5.75 Å².